The zero-order chi connectivity index (χ0) is 24.9. The second-order valence-electron chi connectivity index (χ2n) is 8.18. The summed E-state index contributed by atoms with van der Waals surface area (Å²) in [5.74, 6) is -0.444. The number of rotatable bonds is 9. The number of non-ortho nitro benzene ring substituents is 1. The summed E-state index contributed by atoms with van der Waals surface area (Å²) in [5.41, 5.74) is 1.22. The van der Waals surface area contributed by atoms with Crippen molar-refractivity contribution in [3.05, 3.63) is 52.6 Å². The molecule has 1 amide bonds. The molecule has 1 heterocycles. The van der Waals surface area contributed by atoms with E-state index in [0.717, 1.165) is 48.2 Å². The van der Waals surface area contributed by atoms with Gasteiger partial charge in [-0.05, 0) is 56.0 Å². The molecule has 0 saturated carbocycles. The van der Waals surface area contributed by atoms with Crippen molar-refractivity contribution in [2.24, 2.45) is 0 Å². The summed E-state index contributed by atoms with van der Waals surface area (Å²) in [5, 5.41) is 14.1. The van der Waals surface area contributed by atoms with E-state index < -0.39 is 26.9 Å². The number of anilines is 3. The maximum Gasteiger partial charge on any atom is 0.271 e. The van der Waals surface area contributed by atoms with Gasteiger partial charge in [0.15, 0.2) is 0 Å². The topological polar surface area (TPSA) is 122 Å². The van der Waals surface area contributed by atoms with Crippen LogP contribution in [-0.2, 0) is 14.8 Å². The molecule has 0 unspecified atom stereocenters. The Bertz CT molecular complexity index is 1130. The van der Waals surface area contributed by atoms with Gasteiger partial charge in [-0.3, -0.25) is 19.2 Å². The number of hydrogen-bond acceptors (Lipinski definition) is 7. The van der Waals surface area contributed by atoms with Crippen molar-refractivity contribution in [1.82, 2.24) is 0 Å². The molecule has 0 aromatic heterocycles. The Labute approximate surface area is 199 Å². The van der Waals surface area contributed by atoms with Gasteiger partial charge < -0.3 is 15.0 Å². The van der Waals surface area contributed by atoms with Crippen LogP contribution in [0.4, 0.5) is 22.7 Å². The first-order valence-electron chi connectivity index (χ1n) is 11.1. The Kier molecular flexibility index (Phi) is 7.98. The zero-order valence-corrected chi connectivity index (χ0v) is 20.4. The minimum absolute atomic E-state index is 0.0679. The Hall–Kier alpha value is -3.34. The van der Waals surface area contributed by atoms with Crippen LogP contribution in [0.2, 0.25) is 0 Å². The minimum Gasteiger partial charge on any atom is -0.495 e. The number of amides is 1. The van der Waals surface area contributed by atoms with Gasteiger partial charge in [-0.15, -0.1) is 0 Å². The SMILES string of the molecule is CC[C@H](C(=O)Nc1ccc(N2CCCCC2)cc1)N(c1cc([N+](=O)[O-])ccc1OC)S(C)(=O)=O. The molecule has 2 aromatic rings. The molecule has 1 atom stereocenters. The number of piperidine rings is 1. The largest absolute Gasteiger partial charge is 0.495 e. The van der Waals surface area contributed by atoms with Crippen LogP contribution in [0.15, 0.2) is 42.5 Å². The van der Waals surface area contributed by atoms with Gasteiger partial charge >= 0.3 is 0 Å². The van der Waals surface area contributed by atoms with Crippen molar-refractivity contribution < 1.29 is 22.9 Å². The summed E-state index contributed by atoms with van der Waals surface area (Å²) in [7, 11) is -2.67. The van der Waals surface area contributed by atoms with Crippen LogP contribution in [-0.4, -0.2) is 51.7 Å². The number of methoxy groups -OCH3 is 1. The molecule has 2 aromatic carbocycles. The molecule has 1 saturated heterocycles. The van der Waals surface area contributed by atoms with Crippen LogP contribution in [0.25, 0.3) is 0 Å². The Morgan fingerprint density at radius 2 is 1.82 bits per heavy atom. The van der Waals surface area contributed by atoms with E-state index in [1.807, 2.05) is 12.1 Å². The average Bonchev–Trinajstić information content (AvgIpc) is 2.82. The van der Waals surface area contributed by atoms with E-state index in [-0.39, 0.29) is 23.5 Å². The first-order chi connectivity index (χ1) is 16.2. The molecule has 1 fully saturated rings. The van der Waals surface area contributed by atoms with Crippen molar-refractivity contribution in [2.45, 2.75) is 38.6 Å². The first kappa shape index (κ1) is 25.3. The van der Waals surface area contributed by atoms with Gasteiger partial charge in [0.05, 0.1) is 18.3 Å². The standard InChI is InChI=1S/C23H30N4O6S/c1-4-20(23(28)24-17-8-10-18(11-9-17)25-14-6-5-7-15-25)26(34(3,31)32)21-16-19(27(29)30)12-13-22(21)33-2/h8-13,16,20H,4-7,14-15H2,1-3H3,(H,24,28)/t20-/m1/s1. The van der Waals surface area contributed by atoms with Crippen molar-refractivity contribution >= 4 is 38.7 Å². The van der Waals surface area contributed by atoms with E-state index in [2.05, 4.69) is 10.2 Å². The van der Waals surface area contributed by atoms with Gasteiger partial charge in [0, 0.05) is 36.6 Å². The van der Waals surface area contributed by atoms with Crippen LogP contribution < -0.4 is 19.3 Å². The molecule has 1 aliphatic heterocycles. The third-order valence-electron chi connectivity index (χ3n) is 5.80. The first-order valence-corrected chi connectivity index (χ1v) is 13.0. The number of nitro benzene ring substituents is 1. The molecule has 3 rings (SSSR count). The fourth-order valence-corrected chi connectivity index (χ4v) is 5.34. The normalized spacial score (nSPS) is 14.9. The van der Waals surface area contributed by atoms with Crippen molar-refractivity contribution in [2.75, 3.05) is 41.0 Å². The number of sulfonamides is 1. The smallest absolute Gasteiger partial charge is 0.271 e. The molecule has 184 valence electrons. The van der Waals surface area contributed by atoms with E-state index >= 15 is 0 Å². The zero-order valence-electron chi connectivity index (χ0n) is 19.6. The van der Waals surface area contributed by atoms with Gasteiger partial charge in [-0.25, -0.2) is 8.42 Å². The third kappa shape index (κ3) is 5.77. The average molecular weight is 491 g/mol. The maximum atomic E-state index is 13.2. The quantitative estimate of drug-likeness (QED) is 0.419. The van der Waals surface area contributed by atoms with E-state index in [1.54, 1.807) is 19.1 Å². The predicted octanol–water partition coefficient (Wildman–Crippen LogP) is 3.78. The molecule has 1 N–H and O–H groups in total. The Morgan fingerprint density at radius 1 is 1.18 bits per heavy atom. The highest BCUT2D eigenvalue weighted by Gasteiger charge is 2.34. The molecule has 0 aliphatic carbocycles. The fraction of sp³-hybridized carbons (Fsp3) is 0.435. The molecule has 10 nitrogen and oxygen atoms in total. The molecule has 1 aliphatic rings. The molecular weight excluding hydrogens is 460 g/mol. The minimum atomic E-state index is -4.00. The Morgan fingerprint density at radius 3 is 2.35 bits per heavy atom. The van der Waals surface area contributed by atoms with Gasteiger partial charge in [0.25, 0.3) is 5.69 Å². The second kappa shape index (κ2) is 10.7. The summed E-state index contributed by atoms with van der Waals surface area (Å²) in [6.07, 6.45) is 4.62. The molecular formula is C23H30N4O6S. The highest BCUT2D eigenvalue weighted by molar-refractivity contribution is 7.92. The van der Waals surface area contributed by atoms with Crippen LogP contribution >= 0.6 is 0 Å². The lowest BCUT2D eigenvalue weighted by atomic mass is 10.1. The van der Waals surface area contributed by atoms with E-state index in [1.165, 1.54) is 25.7 Å². The number of nitrogens with zero attached hydrogens (tertiary/aromatic N) is 3. The van der Waals surface area contributed by atoms with Gasteiger partial charge in [0.2, 0.25) is 15.9 Å². The number of benzene rings is 2. The van der Waals surface area contributed by atoms with Crippen molar-refractivity contribution in [1.29, 1.82) is 0 Å². The summed E-state index contributed by atoms with van der Waals surface area (Å²) in [6, 6.07) is 9.92. The molecule has 0 radical (unpaired) electrons. The monoisotopic (exact) mass is 490 g/mol. The lowest BCUT2D eigenvalue weighted by molar-refractivity contribution is -0.384. The molecule has 0 spiro atoms. The summed E-state index contributed by atoms with van der Waals surface area (Å²) in [6.45, 7) is 3.67. The van der Waals surface area contributed by atoms with E-state index in [0.29, 0.717) is 5.69 Å². The second-order valence-corrected chi connectivity index (χ2v) is 10.0. The lowest BCUT2D eigenvalue weighted by Crippen LogP contribution is -2.47. The van der Waals surface area contributed by atoms with Gasteiger partial charge in [-0.2, -0.15) is 0 Å². The van der Waals surface area contributed by atoms with Gasteiger partial charge in [-0.1, -0.05) is 6.92 Å². The summed E-state index contributed by atoms with van der Waals surface area (Å²) < 4.78 is 31.7. The lowest BCUT2D eigenvalue weighted by Gasteiger charge is -2.31. The van der Waals surface area contributed by atoms with Crippen molar-refractivity contribution in [3.63, 3.8) is 0 Å². The van der Waals surface area contributed by atoms with Crippen LogP contribution in [0.1, 0.15) is 32.6 Å². The predicted molar refractivity (Wildman–Crippen MR) is 132 cm³/mol. The number of hydrogen-bond donors (Lipinski definition) is 1. The fourth-order valence-electron chi connectivity index (χ4n) is 4.13. The van der Waals surface area contributed by atoms with E-state index in [4.69, 9.17) is 4.74 Å². The molecule has 0 bridgehead atoms. The summed E-state index contributed by atoms with van der Waals surface area (Å²) >= 11 is 0. The highest BCUT2D eigenvalue weighted by atomic mass is 32.2. The Balaban J connectivity index is 1.89. The summed E-state index contributed by atoms with van der Waals surface area (Å²) in [4.78, 5) is 26.2. The molecule has 11 heteroatoms. The number of ether oxygens (including phenoxy) is 1. The molecule has 34 heavy (non-hydrogen) atoms. The van der Waals surface area contributed by atoms with Gasteiger partial charge in [0.1, 0.15) is 17.5 Å². The number of nitrogens with one attached hydrogen (secondary N) is 1. The maximum absolute atomic E-state index is 13.2. The van der Waals surface area contributed by atoms with Crippen LogP contribution in [0.5, 0.6) is 5.75 Å². The van der Waals surface area contributed by atoms with Crippen LogP contribution in [0, 0.1) is 10.1 Å². The highest BCUT2D eigenvalue weighted by Crippen LogP contribution is 2.36. The number of carbonyl (C=O) groups is 1. The number of carbonyl (C=O) groups excluding carboxylic acids is 1. The van der Waals surface area contributed by atoms with E-state index in [9.17, 15) is 23.3 Å². The van der Waals surface area contributed by atoms with Crippen LogP contribution in [0.3, 0.4) is 0 Å². The number of nitro groups is 1. The van der Waals surface area contributed by atoms with Crippen molar-refractivity contribution in [3.8, 4) is 5.75 Å². The third-order valence-corrected chi connectivity index (χ3v) is 6.96.